The summed E-state index contributed by atoms with van der Waals surface area (Å²) in [6.45, 7) is 10.6. The lowest BCUT2D eigenvalue weighted by molar-refractivity contribution is 0.372. The van der Waals surface area contributed by atoms with E-state index in [1.165, 1.54) is 11.5 Å². The molecule has 2 heterocycles. The van der Waals surface area contributed by atoms with E-state index >= 15 is 0 Å². The first kappa shape index (κ1) is 20.8. The van der Waals surface area contributed by atoms with Crippen molar-refractivity contribution in [1.29, 1.82) is 0 Å². The van der Waals surface area contributed by atoms with Crippen molar-refractivity contribution in [3.63, 3.8) is 0 Å². The average Bonchev–Trinajstić information content (AvgIpc) is 3.14. The lowest BCUT2D eigenvalue weighted by atomic mass is 10.3. The normalized spacial score (nSPS) is 16.2. The molecule has 0 amide bonds. The Hall–Kier alpha value is -1.46. The molecule has 11 heteroatoms. The van der Waals surface area contributed by atoms with Crippen molar-refractivity contribution in [2.24, 2.45) is 4.99 Å². The van der Waals surface area contributed by atoms with Crippen LogP contribution in [0.25, 0.3) is 0 Å². The highest BCUT2D eigenvalue weighted by Gasteiger charge is 2.22. The molecule has 1 aliphatic heterocycles. The SMILES string of the molecule is CCNC(=NCCNS(=O)(=O)CC)N1CCN(c2nc(CC)ns2)CC1. The van der Waals surface area contributed by atoms with Crippen molar-refractivity contribution in [1.82, 2.24) is 24.3 Å². The number of anilines is 1. The van der Waals surface area contributed by atoms with Gasteiger partial charge < -0.3 is 15.1 Å². The Labute approximate surface area is 160 Å². The van der Waals surface area contributed by atoms with Gasteiger partial charge in [-0.3, -0.25) is 4.99 Å². The third-order valence-electron chi connectivity index (χ3n) is 4.03. The monoisotopic (exact) mass is 403 g/mol. The van der Waals surface area contributed by atoms with Crippen LogP contribution in [0.4, 0.5) is 5.13 Å². The summed E-state index contributed by atoms with van der Waals surface area (Å²) in [5.41, 5.74) is 0. The Bertz CT molecular complexity index is 682. The molecule has 0 spiro atoms. The summed E-state index contributed by atoms with van der Waals surface area (Å²) in [6.07, 6.45) is 0.857. The number of aromatic nitrogens is 2. The number of guanidine groups is 1. The van der Waals surface area contributed by atoms with E-state index in [0.717, 1.165) is 56.1 Å². The summed E-state index contributed by atoms with van der Waals surface area (Å²) in [7, 11) is -3.16. The molecule has 1 aromatic heterocycles. The van der Waals surface area contributed by atoms with Gasteiger partial charge in [-0.05, 0) is 13.8 Å². The van der Waals surface area contributed by atoms with E-state index in [9.17, 15) is 8.42 Å². The number of hydrogen-bond acceptors (Lipinski definition) is 7. The van der Waals surface area contributed by atoms with E-state index < -0.39 is 10.0 Å². The van der Waals surface area contributed by atoms with Crippen LogP contribution in [0, 0.1) is 0 Å². The van der Waals surface area contributed by atoms with E-state index in [2.05, 4.69) is 41.1 Å². The maximum atomic E-state index is 11.5. The molecule has 0 radical (unpaired) electrons. The van der Waals surface area contributed by atoms with Crippen LogP contribution in [-0.2, 0) is 16.4 Å². The third kappa shape index (κ3) is 6.06. The predicted molar refractivity (Wildman–Crippen MR) is 107 cm³/mol. The lowest BCUT2D eigenvalue weighted by Crippen LogP contribution is -2.52. The molecule has 2 rings (SSSR count). The maximum Gasteiger partial charge on any atom is 0.211 e. The summed E-state index contributed by atoms with van der Waals surface area (Å²) in [6, 6.07) is 0. The predicted octanol–water partition coefficient (Wildman–Crippen LogP) is 0.127. The molecule has 1 aromatic rings. The van der Waals surface area contributed by atoms with E-state index in [0.29, 0.717) is 13.1 Å². The van der Waals surface area contributed by atoms with Crippen molar-refractivity contribution < 1.29 is 8.42 Å². The highest BCUT2D eigenvalue weighted by atomic mass is 32.2. The molecule has 1 fully saturated rings. The van der Waals surface area contributed by atoms with Crippen LogP contribution in [-0.4, -0.2) is 80.2 Å². The van der Waals surface area contributed by atoms with Gasteiger partial charge >= 0.3 is 0 Å². The quantitative estimate of drug-likeness (QED) is 0.361. The number of nitrogens with zero attached hydrogens (tertiary/aromatic N) is 5. The second-order valence-electron chi connectivity index (χ2n) is 5.85. The van der Waals surface area contributed by atoms with Gasteiger partial charge in [0.05, 0.1) is 12.3 Å². The number of piperazine rings is 1. The van der Waals surface area contributed by atoms with Gasteiger partial charge in [0.2, 0.25) is 15.2 Å². The molecule has 148 valence electrons. The fraction of sp³-hybridized carbons (Fsp3) is 0.800. The summed E-state index contributed by atoms with van der Waals surface area (Å²) < 4.78 is 29.8. The van der Waals surface area contributed by atoms with Crippen LogP contribution in [0.5, 0.6) is 0 Å². The molecule has 0 unspecified atom stereocenters. The smallest absolute Gasteiger partial charge is 0.211 e. The second kappa shape index (κ2) is 10.0. The van der Waals surface area contributed by atoms with Gasteiger partial charge in [-0.25, -0.2) is 18.1 Å². The molecule has 0 bridgehead atoms. The molecule has 0 aromatic carbocycles. The lowest BCUT2D eigenvalue weighted by Gasteiger charge is -2.36. The van der Waals surface area contributed by atoms with Crippen LogP contribution >= 0.6 is 11.5 Å². The zero-order valence-electron chi connectivity index (χ0n) is 15.7. The second-order valence-corrected chi connectivity index (χ2v) is 8.68. The van der Waals surface area contributed by atoms with Gasteiger partial charge in [0, 0.05) is 57.2 Å². The fourth-order valence-electron chi connectivity index (χ4n) is 2.52. The molecule has 26 heavy (non-hydrogen) atoms. The van der Waals surface area contributed by atoms with Crippen LogP contribution in [0.1, 0.15) is 26.6 Å². The third-order valence-corrected chi connectivity index (χ3v) is 6.25. The molecule has 1 aliphatic rings. The summed E-state index contributed by atoms with van der Waals surface area (Å²) in [5.74, 6) is 1.82. The first-order valence-corrected chi connectivity index (χ1v) is 11.5. The van der Waals surface area contributed by atoms with Crippen molar-refractivity contribution in [2.75, 3.05) is 56.5 Å². The molecule has 1 saturated heterocycles. The van der Waals surface area contributed by atoms with Crippen LogP contribution in [0.15, 0.2) is 4.99 Å². The van der Waals surface area contributed by atoms with E-state index in [1.54, 1.807) is 6.92 Å². The van der Waals surface area contributed by atoms with E-state index in [1.807, 2.05) is 6.92 Å². The zero-order chi connectivity index (χ0) is 19.0. The topological polar surface area (TPSA) is 103 Å². The zero-order valence-corrected chi connectivity index (χ0v) is 17.4. The van der Waals surface area contributed by atoms with Gasteiger partial charge in [-0.1, -0.05) is 6.92 Å². The summed E-state index contributed by atoms with van der Waals surface area (Å²) in [5, 5.41) is 4.27. The van der Waals surface area contributed by atoms with Crippen LogP contribution in [0.3, 0.4) is 0 Å². The highest BCUT2D eigenvalue weighted by molar-refractivity contribution is 7.89. The van der Waals surface area contributed by atoms with Crippen LogP contribution in [0.2, 0.25) is 0 Å². The van der Waals surface area contributed by atoms with E-state index in [4.69, 9.17) is 0 Å². The van der Waals surface area contributed by atoms with Crippen molar-refractivity contribution >= 4 is 32.6 Å². The molecule has 0 atom stereocenters. The number of rotatable bonds is 8. The average molecular weight is 404 g/mol. The number of sulfonamides is 1. The van der Waals surface area contributed by atoms with Gasteiger partial charge in [-0.15, -0.1) is 0 Å². The van der Waals surface area contributed by atoms with Gasteiger partial charge in [0.25, 0.3) is 0 Å². The minimum absolute atomic E-state index is 0.0874. The minimum Gasteiger partial charge on any atom is -0.357 e. The molecule has 0 aliphatic carbocycles. The van der Waals surface area contributed by atoms with Crippen LogP contribution < -0.4 is 14.9 Å². The number of hydrogen-bond donors (Lipinski definition) is 2. The van der Waals surface area contributed by atoms with Crippen molar-refractivity contribution in [2.45, 2.75) is 27.2 Å². The molecular formula is C15H29N7O2S2. The van der Waals surface area contributed by atoms with Gasteiger partial charge in [0.1, 0.15) is 5.82 Å². The van der Waals surface area contributed by atoms with E-state index in [-0.39, 0.29) is 5.75 Å². The van der Waals surface area contributed by atoms with Gasteiger partial charge in [-0.2, -0.15) is 4.37 Å². The Kier molecular flexibility index (Phi) is 8.04. The van der Waals surface area contributed by atoms with Crippen molar-refractivity contribution in [3.05, 3.63) is 5.82 Å². The summed E-state index contributed by atoms with van der Waals surface area (Å²) >= 11 is 1.46. The molecule has 0 saturated carbocycles. The first-order valence-electron chi connectivity index (χ1n) is 9.07. The Morgan fingerprint density at radius 1 is 1.23 bits per heavy atom. The number of aliphatic imine (C=N–C) groups is 1. The largest absolute Gasteiger partial charge is 0.357 e. The first-order chi connectivity index (χ1) is 12.5. The number of nitrogens with one attached hydrogen (secondary N) is 2. The molecular weight excluding hydrogens is 374 g/mol. The Balaban J connectivity index is 1.87. The minimum atomic E-state index is -3.16. The van der Waals surface area contributed by atoms with Gasteiger partial charge in [0.15, 0.2) is 5.96 Å². The van der Waals surface area contributed by atoms with Crippen molar-refractivity contribution in [3.8, 4) is 0 Å². The standard InChI is InChI=1S/C15H29N7O2S2/c1-4-13-19-15(25-20-13)22-11-9-21(10-12-22)14(16-5-2)17-7-8-18-26(23,24)6-3/h18H,4-12H2,1-3H3,(H,16,17). The number of aryl methyl sites for hydroxylation is 1. The fourth-order valence-corrected chi connectivity index (χ4v) is 3.92. The Morgan fingerprint density at radius 3 is 2.54 bits per heavy atom. The molecule has 9 nitrogen and oxygen atoms in total. The highest BCUT2D eigenvalue weighted by Crippen LogP contribution is 2.19. The molecule has 2 N–H and O–H groups in total. The maximum absolute atomic E-state index is 11.5. The Morgan fingerprint density at radius 2 is 1.96 bits per heavy atom. The summed E-state index contributed by atoms with van der Waals surface area (Å²) in [4.78, 5) is 13.6.